The lowest BCUT2D eigenvalue weighted by Gasteiger charge is -2.34. The molecule has 2 saturated heterocycles. The quantitative estimate of drug-likeness (QED) is 0.148. The average molecular weight is 786 g/mol. The van der Waals surface area contributed by atoms with Crippen LogP contribution in [0.25, 0.3) is 11.5 Å². The number of piperidine rings is 2. The Hall–Kier alpha value is -5.99. The number of aromatic nitrogens is 3. The van der Waals surface area contributed by atoms with Crippen molar-refractivity contribution in [3.63, 3.8) is 0 Å². The lowest BCUT2D eigenvalue weighted by Crippen LogP contribution is -2.46. The fourth-order valence-electron chi connectivity index (χ4n) is 8.14. The van der Waals surface area contributed by atoms with Gasteiger partial charge in [0.05, 0.1) is 12.1 Å². The van der Waals surface area contributed by atoms with Gasteiger partial charge in [0.1, 0.15) is 0 Å². The molecule has 0 spiro atoms. The molecule has 3 fully saturated rings. The van der Waals surface area contributed by atoms with Crippen LogP contribution >= 0.6 is 0 Å². The van der Waals surface area contributed by atoms with Gasteiger partial charge in [-0.25, -0.2) is 4.98 Å². The first-order chi connectivity index (χ1) is 28.6. The molecule has 58 heavy (non-hydrogen) atoms. The molecule has 0 bridgehead atoms. The number of carbonyl (C=O) groups is 2. The number of fused-ring (bicyclic) bond motifs is 2. The van der Waals surface area contributed by atoms with E-state index in [1.807, 2.05) is 66.7 Å². The summed E-state index contributed by atoms with van der Waals surface area (Å²) in [6.45, 7) is 3.45. The number of anilines is 2. The molecular formula is C44H47N7O7. The second kappa shape index (κ2) is 17.2. The third kappa shape index (κ3) is 8.63. The average Bonchev–Trinajstić information content (AvgIpc) is 3.57. The summed E-state index contributed by atoms with van der Waals surface area (Å²) in [5.41, 5.74) is 5.11. The van der Waals surface area contributed by atoms with Crippen molar-refractivity contribution in [3.8, 4) is 34.6 Å². The minimum Gasteiger partial charge on any atom is -0.454 e. The Bertz CT molecular complexity index is 2210. The summed E-state index contributed by atoms with van der Waals surface area (Å²) >= 11 is 0. The van der Waals surface area contributed by atoms with Crippen LogP contribution in [0, 0.1) is 0 Å². The van der Waals surface area contributed by atoms with E-state index in [0.29, 0.717) is 30.6 Å². The Kier molecular flexibility index (Phi) is 11.2. The number of hydrogen-bond donors (Lipinski definition) is 2. The fraction of sp³-hybridized carbons (Fsp3) is 0.386. The lowest BCUT2D eigenvalue weighted by atomic mass is 10.00. The minimum absolute atomic E-state index is 0.0711. The molecule has 300 valence electrons. The van der Waals surface area contributed by atoms with Crippen LogP contribution in [0.15, 0.2) is 89.5 Å². The number of hydrogen-bond acceptors (Lipinski definition) is 12. The summed E-state index contributed by atoms with van der Waals surface area (Å²) in [4.78, 5) is 34.6. The zero-order valence-electron chi connectivity index (χ0n) is 32.3. The molecule has 0 radical (unpaired) electrons. The predicted octanol–water partition coefficient (Wildman–Crippen LogP) is 7.14. The highest BCUT2D eigenvalue weighted by Crippen LogP contribution is 2.40. The molecule has 5 aliphatic rings. The number of carbonyl (C=O) groups excluding carboxylic acids is 2. The van der Waals surface area contributed by atoms with E-state index in [-0.39, 0.29) is 43.5 Å². The molecular weight excluding hydrogens is 739 g/mol. The normalized spacial score (nSPS) is 19.9. The van der Waals surface area contributed by atoms with E-state index in [1.165, 1.54) is 18.4 Å². The molecule has 3 aromatic carbocycles. The van der Waals surface area contributed by atoms with E-state index >= 15 is 0 Å². The summed E-state index contributed by atoms with van der Waals surface area (Å²) in [5.74, 6) is 3.82. The SMILES string of the molecule is O=C(Nc1ccc(C2CC2)cc1)C1CCCCN1Cc1ccnc2c1OCO2.O=C(Nc1nnc(-c2ccccc2)o1)C1CCCCN1Cc1cccc2c1OCO2. The highest BCUT2D eigenvalue weighted by molar-refractivity contribution is 5.95. The number of ether oxygens (including phenoxy) is 4. The number of rotatable bonds is 10. The van der Waals surface area contributed by atoms with E-state index in [2.05, 4.69) is 47.7 Å². The third-order valence-corrected chi connectivity index (χ3v) is 11.3. The van der Waals surface area contributed by atoms with E-state index in [4.69, 9.17) is 23.4 Å². The molecule has 2 amide bonds. The summed E-state index contributed by atoms with van der Waals surface area (Å²) < 4.78 is 27.7. The van der Waals surface area contributed by atoms with Gasteiger partial charge in [-0.2, -0.15) is 0 Å². The molecule has 2 atom stereocenters. The maximum Gasteiger partial charge on any atom is 0.322 e. The first-order valence-corrected chi connectivity index (χ1v) is 20.3. The molecule has 2 aromatic heterocycles. The van der Waals surface area contributed by atoms with Crippen molar-refractivity contribution < 1.29 is 33.0 Å². The molecule has 4 aliphatic heterocycles. The van der Waals surface area contributed by atoms with Gasteiger partial charge in [-0.05, 0) is 99.5 Å². The second-order valence-corrected chi connectivity index (χ2v) is 15.3. The number of benzene rings is 3. The van der Waals surface area contributed by atoms with E-state index in [1.54, 1.807) is 6.20 Å². The van der Waals surface area contributed by atoms with Crippen LogP contribution < -0.4 is 29.6 Å². The molecule has 2 unspecified atom stereocenters. The van der Waals surface area contributed by atoms with Crippen LogP contribution in [0.2, 0.25) is 0 Å². The molecule has 14 nitrogen and oxygen atoms in total. The Morgan fingerprint density at radius 1 is 0.655 bits per heavy atom. The maximum absolute atomic E-state index is 13.0. The monoisotopic (exact) mass is 785 g/mol. The van der Waals surface area contributed by atoms with E-state index in [9.17, 15) is 9.59 Å². The van der Waals surface area contributed by atoms with Gasteiger partial charge in [0.15, 0.2) is 17.2 Å². The Morgan fingerprint density at radius 3 is 2.09 bits per heavy atom. The molecule has 1 aliphatic carbocycles. The molecule has 6 heterocycles. The van der Waals surface area contributed by atoms with Gasteiger partial charge in [-0.1, -0.05) is 60.4 Å². The zero-order chi connectivity index (χ0) is 39.3. The van der Waals surface area contributed by atoms with Gasteiger partial charge in [0.25, 0.3) is 5.88 Å². The van der Waals surface area contributed by atoms with Crippen LogP contribution in [0.5, 0.6) is 23.1 Å². The minimum atomic E-state index is -0.274. The van der Waals surface area contributed by atoms with Crippen LogP contribution in [0.1, 0.15) is 74.0 Å². The molecule has 14 heteroatoms. The molecule has 5 aromatic rings. The highest BCUT2D eigenvalue weighted by atomic mass is 16.7. The van der Waals surface area contributed by atoms with Gasteiger partial charge in [0, 0.05) is 41.7 Å². The zero-order valence-corrected chi connectivity index (χ0v) is 32.3. The van der Waals surface area contributed by atoms with E-state index < -0.39 is 0 Å². The van der Waals surface area contributed by atoms with Crippen molar-refractivity contribution in [2.45, 2.75) is 82.5 Å². The lowest BCUT2D eigenvalue weighted by molar-refractivity contribution is -0.123. The van der Waals surface area contributed by atoms with Crippen molar-refractivity contribution in [3.05, 3.63) is 102 Å². The summed E-state index contributed by atoms with van der Waals surface area (Å²) in [7, 11) is 0. The van der Waals surface area contributed by atoms with Gasteiger partial charge in [0.2, 0.25) is 31.3 Å². The number of likely N-dealkylation sites (tertiary alicyclic amines) is 2. The van der Waals surface area contributed by atoms with Gasteiger partial charge < -0.3 is 28.7 Å². The van der Waals surface area contributed by atoms with Gasteiger partial charge >= 0.3 is 6.01 Å². The molecule has 1 saturated carbocycles. The van der Waals surface area contributed by atoms with E-state index in [0.717, 1.165) is 91.4 Å². The number of pyridine rings is 1. The number of amides is 2. The van der Waals surface area contributed by atoms with Crippen LogP contribution in [-0.4, -0.2) is 75.6 Å². The predicted molar refractivity (Wildman–Crippen MR) is 214 cm³/mol. The fourth-order valence-corrected chi connectivity index (χ4v) is 8.14. The Morgan fingerprint density at radius 2 is 1.34 bits per heavy atom. The van der Waals surface area contributed by atoms with Crippen molar-refractivity contribution in [1.82, 2.24) is 25.0 Å². The molecule has 2 N–H and O–H groups in total. The number of nitrogens with one attached hydrogen (secondary N) is 2. The highest BCUT2D eigenvalue weighted by Gasteiger charge is 2.33. The van der Waals surface area contributed by atoms with Crippen LogP contribution in [-0.2, 0) is 22.7 Å². The second-order valence-electron chi connectivity index (χ2n) is 15.3. The topological polar surface area (TPSA) is 153 Å². The van der Waals surface area contributed by atoms with Crippen molar-refractivity contribution >= 4 is 23.5 Å². The standard InChI is InChI=1S/C22H22N4O4.C22H25N3O3/c27-20(23-22-25-24-21(30-22)15-7-2-1-3-8-15)17-10-4-5-12-26(17)13-16-9-6-11-18-19(16)29-14-28-18;26-21(24-18-8-6-16(7-9-18)15-4-5-15)19-3-1-2-12-25(19)13-17-10-11-23-22-20(17)27-14-28-22/h1-3,6-9,11,17H,4-5,10,12-14H2,(H,23,25,27);6-11,15,19H,1-5,12-14H2,(H,24,26). The van der Waals surface area contributed by atoms with Crippen LogP contribution in [0.4, 0.5) is 11.7 Å². The first kappa shape index (κ1) is 37.6. The van der Waals surface area contributed by atoms with Crippen molar-refractivity contribution in [1.29, 1.82) is 0 Å². The van der Waals surface area contributed by atoms with Gasteiger partial charge in [-0.15, -0.1) is 5.10 Å². The number of para-hydroxylation sites is 1. The largest absolute Gasteiger partial charge is 0.454 e. The first-order valence-electron chi connectivity index (χ1n) is 20.3. The number of nitrogens with zero attached hydrogens (tertiary/aromatic N) is 5. The maximum atomic E-state index is 13.0. The van der Waals surface area contributed by atoms with Crippen LogP contribution in [0.3, 0.4) is 0 Å². The Balaban J connectivity index is 0.000000151. The third-order valence-electron chi connectivity index (χ3n) is 11.3. The molecule has 10 rings (SSSR count). The Labute approximate surface area is 336 Å². The van der Waals surface area contributed by atoms with Crippen molar-refractivity contribution in [2.24, 2.45) is 0 Å². The summed E-state index contributed by atoms with van der Waals surface area (Å²) in [6, 6.07) is 25.3. The van der Waals surface area contributed by atoms with Gasteiger partial charge in [-0.3, -0.25) is 24.7 Å². The smallest absolute Gasteiger partial charge is 0.322 e. The summed E-state index contributed by atoms with van der Waals surface area (Å²) in [5, 5.41) is 13.9. The summed E-state index contributed by atoms with van der Waals surface area (Å²) in [6.07, 6.45) is 10.2. The van der Waals surface area contributed by atoms with Crippen molar-refractivity contribution in [2.75, 3.05) is 37.3 Å².